The summed E-state index contributed by atoms with van der Waals surface area (Å²) in [5.41, 5.74) is 0. The monoisotopic (exact) mass is 232 g/mol. The molecule has 82 valence electrons. The SMILES string of the molecule is C/C=C/C(=O)OCc1cc2ccccc2s1. The standard InChI is InChI=1S/C13H12O2S/c1-2-5-13(14)15-9-11-8-10-6-3-4-7-12(10)16-11/h2-8H,9H2,1H3/b5-2+. The largest absolute Gasteiger partial charge is 0.457 e. The first-order valence-corrected chi connectivity index (χ1v) is 5.88. The van der Waals surface area contributed by atoms with Crippen LogP contribution in [-0.4, -0.2) is 5.97 Å². The van der Waals surface area contributed by atoms with Crippen LogP contribution in [0.3, 0.4) is 0 Å². The van der Waals surface area contributed by atoms with Crippen molar-refractivity contribution in [2.75, 3.05) is 0 Å². The van der Waals surface area contributed by atoms with Crippen molar-refractivity contribution in [2.24, 2.45) is 0 Å². The summed E-state index contributed by atoms with van der Waals surface area (Å²) in [6, 6.07) is 10.2. The van der Waals surface area contributed by atoms with Gasteiger partial charge in [-0.15, -0.1) is 11.3 Å². The second-order valence-corrected chi connectivity index (χ2v) is 4.53. The lowest BCUT2D eigenvalue weighted by Crippen LogP contribution is -1.98. The third-order valence-electron chi connectivity index (χ3n) is 2.14. The molecule has 16 heavy (non-hydrogen) atoms. The van der Waals surface area contributed by atoms with Gasteiger partial charge in [-0.2, -0.15) is 0 Å². The molecule has 0 N–H and O–H groups in total. The number of hydrogen-bond acceptors (Lipinski definition) is 3. The van der Waals surface area contributed by atoms with Crippen LogP contribution in [0.5, 0.6) is 0 Å². The Hall–Kier alpha value is -1.61. The summed E-state index contributed by atoms with van der Waals surface area (Å²) in [5, 5.41) is 1.20. The van der Waals surface area contributed by atoms with Gasteiger partial charge in [-0.25, -0.2) is 4.79 Å². The molecular formula is C13H12O2S. The zero-order chi connectivity index (χ0) is 11.4. The van der Waals surface area contributed by atoms with E-state index in [1.165, 1.54) is 16.2 Å². The van der Waals surface area contributed by atoms with Crippen LogP contribution in [0.4, 0.5) is 0 Å². The highest BCUT2D eigenvalue weighted by Gasteiger charge is 2.03. The van der Waals surface area contributed by atoms with Gasteiger partial charge in [0.05, 0.1) is 0 Å². The number of rotatable bonds is 3. The maximum atomic E-state index is 11.1. The molecule has 0 fully saturated rings. The van der Waals surface area contributed by atoms with E-state index in [9.17, 15) is 4.79 Å². The summed E-state index contributed by atoms with van der Waals surface area (Å²) in [6.45, 7) is 2.14. The Balaban J connectivity index is 2.07. The molecule has 2 rings (SSSR count). The van der Waals surface area contributed by atoms with Crippen LogP contribution in [0.2, 0.25) is 0 Å². The van der Waals surface area contributed by atoms with Crippen molar-refractivity contribution < 1.29 is 9.53 Å². The Morgan fingerprint density at radius 2 is 2.25 bits per heavy atom. The van der Waals surface area contributed by atoms with Crippen molar-refractivity contribution in [1.82, 2.24) is 0 Å². The number of hydrogen-bond donors (Lipinski definition) is 0. The first-order valence-electron chi connectivity index (χ1n) is 5.06. The maximum absolute atomic E-state index is 11.1. The van der Waals surface area contributed by atoms with Crippen molar-refractivity contribution in [3.05, 3.63) is 47.4 Å². The van der Waals surface area contributed by atoms with Crippen LogP contribution in [0.25, 0.3) is 10.1 Å². The Morgan fingerprint density at radius 3 is 3.00 bits per heavy atom. The number of carbonyl (C=O) groups excluding carboxylic acids is 1. The Kier molecular flexibility index (Phi) is 3.37. The lowest BCUT2D eigenvalue weighted by Gasteiger charge is -1.97. The van der Waals surface area contributed by atoms with Crippen molar-refractivity contribution in [3.8, 4) is 0 Å². The molecule has 1 aromatic heterocycles. The van der Waals surface area contributed by atoms with E-state index >= 15 is 0 Å². The van der Waals surface area contributed by atoms with Crippen molar-refractivity contribution >= 4 is 27.4 Å². The fourth-order valence-electron chi connectivity index (χ4n) is 1.43. The molecule has 0 bridgehead atoms. The van der Waals surface area contributed by atoms with Crippen LogP contribution in [-0.2, 0) is 16.1 Å². The zero-order valence-corrected chi connectivity index (χ0v) is 9.79. The van der Waals surface area contributed by atoms with Gasteiger partial charge in [0.1, 0.15) is 6.61 Å². The number of carbonyl (C=O) groups is 1. The summed E-state index contributed by atoms with van der Waals surface area (Å²) >= 11 is 1.66. The smallest absolute Gasteiger partial charge is 0.330 e. The molecule has 0 saturated heterocycles. The Morgan fingerprint density at radius 1 is 1.44 bits per heavy atom. The minimum absolute atomic E-state index is 0.292. The van der Waals surface area contributed by atoms with E-state index in [0.29, 0.717) is 6.61 Å². The van der Waals surface area contributed by atoms with E-state index in [1.54, 1.807) is 24.3 Å². The predicted molar refractivity (Wildman–Crippen MR) is 66.4 cm³/mol. The average molecular weight is 232 g/mol. The van der Waals surface area contributed by atoms with Gasteiger partial charge in [0, 0.05) is 15.7 Å². The maximum Gasteiger partial charge on any atom is 0.330 e. The highest BCUT2D eigenvalue weighted by molar-refractivity contribution is 7.19. The molecule has 0 aliphatic heterocycles. The van der Waals surface area contributed by atoms with Gasteiger partial charge < -0.3 is 4.74 Å². The van der Waals surface area contributed by atoms with Gasteiger partial charge in [-0.05, 0) is 24.4 Å². The van der Waals surface area contributed by atoms with Crippen LogP contribution >= 0.6 is 11.3 Å². The second kappa shape index (κ2) is 4.94. The van der Waals surface area contributed by atoms with Gasteiger partial charge in [0.25, 0.3) is 0 Å². The van der Waals surface area contributed by atoms with E-state index < -0.39 is 0 Å². The quantitative estimate of drug-likeness (QED) is 0.598. The molecular weight excluding hydrogens is 220 g/mol. The highest BCUT2D eigenvalue weighted by Crippen LogP contribution is 2.25. The first kappa shape index (κ1) is 10.9. The minimum Gasteiger partial charge on any atom is -0.457 e. The average Bonchev–Trinajstić information content (AvgIpc) is 2.69. The number of benzene rings is 1. The van der Waals surface area contributed by atoms with Crippen molar-refractivity contribution in [1.29, 1.82) is 0 Å². The molecule has 2 nitrogen and oxygen atoms in total. The zero-order valence-electron chi connectivity index (χ0n) is 8.97. The molecule has 0 aliphatic rings. The normalized spacial score (nSPS) is 11.1. The predicted octanol–water partition coefficient (Wildman–Crippen LogP) is 3.52. The first-order chi connectivity index (χ1) is 7.79. The van der Waals surface area contributed by atoms with Crippen LogP contribution in [0, 0.1) is 0 Å². The highest BCUT2D eigenvalue weighted by atomic mass is 32.1. The molecule has 0 atom stereocenters. The number of thiophene rings is 1. The van der Waals surface area contributed by atoms with Crippen LogP contribution in [0.15, 0.2) is 42.5 Å². The molecule has 0 saturated carbocycles. The second-order valence-electron chi connectivity index (χ2n) is 3.36. The van der Waals surface area contributed by atoms with E-state index in [0.717, 1.165) is 4.88 Å². The summed E-state index contributed by atoms with van der Waals surface area (Å²) in [7, 11) is 0. The molecule has 0 aliphatic carbocycles. The lowest BCUT2D eigenvalue weighted by molar-refractivity contribution is -0.138. The van der Waals surface area contributed by atoms with E-state index in [-0.39, 0.29) is 5.97 Å². The minimum atomic E-state index is -0.292. The third kappa shape index (κ3) is 2.49. The van der Waals surface area contributed by atoms with Gasteiger partial charge in [0.15, 0.2) is 0 Å². The summed E-state index contributed by atoms with van der Waals surface area (Å²) in [4.78, 5) is 12.2. The molecule has 0 spiro atoms. The molecule has 0 amide bonds. The molecule has 1 aromatic carbocycles. The summed E-state index contributed by atoms with van der Waals surface area (Å²) in [6.07, 6.45) is 3.10. The topological polar surface area (TPSA) is 26.3 Å². The molecule has 0 radical (unpaired) electrons. The van der Waals surface area contributed by atoms with Crippen molar-refractivity contribution in [2.45, 2.75) is 13.5 Å². The molecule has 3 heteroatoms. The van der Waals surface area contributed by atoms with Gasteiger partial charge >= 0.3 is 5.97 Å². The van der Waals surface area contributed by atoms with Gasteiger partial charge in [-0.1, -0.05) is 24.3 Å². The number of ether oxygens (including phenoxy) is 1. The Bertz CT molecular complexity index is 492. The fraction of sp³-hybridized carbons (Fsp3) is 0.154. The Labute approximate surface area is 98.2 Å². The third-order valence-corrected chi connectivity index (χ3v) is 3.23. The van der Waals surface area contributed by atoms with E-state index in [1.807, 2.05) is 12.1 Å². The number of allylic oxidation sites excluding steroid dienone is 1. The van der Waals surface area contributed by atoms with Gasteiger partial charge in [0.2, 0.25) is 0 Å². The number of esters is 1. The molecule has 2 aromatic rings. The lowest BCUT2D eigenvalue weighted by atomic mass is 10.2. The fourth-order valence-corrected chi connectivity index (χ4v) is 2.41. The van der Waals surface area contributed by atoms with Crippen LogP contribution in [0.1, 0.15) is 11.8 Å². The summed E-state index contributed by atoms with van der Waals surface area (Å²) in [5.74, 6) is -0.292. The number of fused-ring (bicyclic) bond motifs is 1. The summed E-state index contributed by atoms with van der Waals surface area (Å²) < 4.78 is 6.30. The van der Waals surface area contributed by atoms with Crippen molar-refractivity contribution in [3.63, 3.8) is 0 Å². The van der Waals surface area contributed by atoms with Crippen LogP contribution < -0.4 is 0 Å². The van der Waals surface area contributed by atoms with E-state index in [4.69, 9.17) is 4.74 Å². The van der Waals surface area contributed by atoms with Gasteiger partial charge in [-0.3, -0.25) is 0 Å². The van der Waals surface area contributed by atoms with E-state index in [2.05, 4.69) is 18.2 Å². The molecule has 1 heterocycles. The molecule has 0 unspecified atom stereocenters.